The average molecular weight is 172 g/mol. The van der Waals surface area contributed by atoms with Crippen molar-refractivity contribution in [2.24, 2.45) is 0 Å². The van der Waals surface area contributed by atoms with Gasteiger partial charge in [-0.15, -0.1) is 0 Å². The van der Waals surface area contributed by atoms with E-state index in [0.29, 0.717) is 0 Å². The third-order valence-electron chi connectivity index (χ3n) is 1.18. The van der Waals surface area contributed by atoms with Gasteiger partial charge in [0.1, 0.15) is 0 Å². The zero-order valence-corrected chi connectivity index (χ0v) is 8.64. The highest BCUT2D eigenvalue weighted by molar-refractivity contribution is 6.76. The summed E-state index contributed by atoms with van der Waals surface area (Å²) in [5.41, 5.74) is 0.983. The summed E-state index contributed by atoms with van der Waals surface area (Å²) in [6.45, 7) is 8.57. The second-order valence-electron chi connectivity index (χ2n) is 4.07. The van der Waals surface area contributed by atoms with Crippen molar-refractivity contribution in [3.8, 4) is 0 Å². The number of carboxylic acid groups (broad SMARTS) is 1. The quantitative estimate of drug-likeness (QED) is 0.524. The van der Waals surface area contributed by atoms with Crippen molar-refractivity contribution in [1.29, 1.82) is 0 Å². The normalized spacial score (nSPS) is 13.3. The summed E-state index contributed by atoms with van der Waals surface area (Å²) in [6.07, 6.45) is 1.30. The molecule has 64 valence electrons. The Bertz CT molecular complexity index is 177. The maximum absolute atomic E-state index is 10.2. The molecule has 0 bridgehead atoms. The Morgan fingerprint density at radius 2 is 1.91 bits per heavy atom. The van der Waals surface area contributed by atoms with Crippen molar-refractivity contribution in [3.05, 3.63) is 11.6 Å². The number of carbonyl (C=O) groups is 1. The summed E-state index contributed by atoms with van der Waals surface area (Å²) in [5.74, 6) is -0.833. The fourth-order valence-electron chi connectivity index (χ4n) is 1.10. The van der Waals surface area contributed by atoms with Crippen molar-refractivity contribution < 1.29 is 9.90 Å². The molecule has 0 aliphatic heterocycles. The lowest BCUT2D eigenvalue weighted by Gasteiger charge is -2.15. The van der Waals surface area contributed by atoms with Gasteiger partial charge in [-0.25, -0.2) is 4.79 Å². The molecule has 3 heteroatoms. The lowest BCUT2D eigenvalue weighted by atomic mass is 10.3. The molecule has 0 aromatic carbocycles. The van der Waals surface area contributed by atoms with E-state index >= 15 is 0 Å². The smallest absolute Gasteiger partial charge is 0.328 e. The standard InChI is InChI=1S/C8H16O2Si/c1-7(5-8(9)10)6-11(2,3)4/h5H,6H2,1-4H3,(H,9,10)/b7-5-. The van der Waals surface area contributed by atoms with E-state index in [0.717, 1.165) is 11.6 Å². The maximum Gasteiger partial charge on any atom is 0.328 e. The largest absolute Gasteiger partial charge is 0.478 e. The van der Waals surface area contributed by atoms with Crippen LogP contribution in [0.4, 0.5) is 0 Å². The van der Waals surface area contributed by atoms with E-state index in [-0.39, 0.29) is 0 Å². The highest BCUT2D eigenvalue weighted by Crippen LogP contribution is 2.14. The van der Waals surface area contributed by atoms with Gasteiger partial charge in [-0.05, 0) is 13.0 Å². The zero-order chi connectivity index (χ0) is 9.07. The summed E-state index contributed by atoms with van der Waals surface area (Å²) < 4.78 is 0. The van der Waals surface area contributed by atoms with Gasteiger partial charge in [0.05, 0.1) is 0 Å². The van der Waals surface area contributed by atoms with Crippen LogP contribution >= 0.6 is 0 Å². The molecule has 0 fully saturated rings. The molecule has 2 nitrogen and oxygen atoms in total. The molecule has 0 saturated carbocycles. The van der Waals surface area contributed by atoms with Gasteiger partial charge in [0, 0.05) is 14.1 Å². The molecule has 0 radical (unpaired) electrons. The molecule has 0 unspecified atom stereocenters. The summed E-state index contributed by atoms with van der Waals surface area (Å²) in [7, 11) is -1.12. The van der Waals surface area contributed by atoms with Crippen LogP contribution in [0.25, 0.3) is 0 Å². The zero-order valence-electron chi connectivity index (χ0n) is 7.64. The van der Waals surface area contributed by atoms with Crippen LogP contribution in [0.1, 0.15) is 6.92 Å². The monoisotopic (exact) mass is 172 g/mol. The molecular weight excluding hydrogens is 156 g/mol. The molecule has 11 heavy (non-hydrogen) atoms. The van der Waals surface area contributed by atoms with Gasteiger partial charge in [-0.2, -0.15) is 0 Å². The van der Waals surface area contributed by atoms with E-state index in [9.17, 15) is 4.79 Å². The first kappa shape index (κ1) is 10.4. The second kappa shape index (κ2) is 3.71. The molecular formula is C8H16O2Si. The van der Waals surface area contributed by atoms with Crippen LogP contribution in [0.2, 0.25) is 25.7 Å². The van der Waals surface area contributed by atoms with Crippen LogP contribution in [0.15, 0.2) is 11.6 Å². The van der Waals surface area contributed by atoms with Crippen LogP contribution in [0.3, 0.4) is 0 Å². The molecule has 0 aromatic rings. The van der Waals surface area contributed by atoms with E-state index in [1.165, 1.54) is 6.08 Å². The predicted molar refractivity (Wildman–Crippen MR) is 49.5 cm³/mol. The highest BCUT2D eigenvalue weighted by Gasteiger charge is 2.13. The van der Waals surface area contributed by atoms with Crippen molar-refractivity contribution in [2.75, 3.05) is 0 Å². The SMILES string of the molecule is C/C(=C/C(=O)O)C[Si](C)(C)C. The molecule has 0 aliphatic carbocycles. The Labute approximate surface area is 68.9 Å². The van der Waals surface area contributed by atoms with Crippen LogP contribution in [0.5, 0.6) is 0 Å². The first-order valence-corrected chi connectivity index (χ1v) is 7.42. The predicted octanol–water partition coefficient (Wildman–Crippen LogP) is 2.36. The Morgan fingerprint density at radius 1 is 1.45 bits per heavy atom. The van der Waals surface area contributed by atoms with Crippen molar-refractivity contribution in [3.63, 3.8) is 0 Å². The van der Waals surface area contributed by atoms with Gasteiger partial charge in [0.15, 0.2) is 0 Å². The number of carboxylic acids is 1. The topological polar surface area (TPSA) is 37.3 Å². The minimum atomic E-state index is -1.12. The van der Waals surface area contributed by atoms with E-state index in [1.807, 2.05) is 6.92 Å². The Balaban J connectivity index is 4.07. The van der Waals surface area contributed by atoms with Gasteiger partial charge in [-0.1, -0.05) is 25.2 Å². The number of rotatable bonds is 3. The third kappa shape index (κ3) is 7.32. The Kier molecular flexibility index (Phi) is 3.52. The third-order valence-corrected chi connectivity index (χ3v) is 2.80. The first-order chi connectivity index (χ1) is 4.81. The van der Waals surface area contributed by atoms with Crippen LogP contribution < -0.4 is 0 Å². The second-order valence-corrected chi connectivity index (χ2v) is 9.54. The molecule has 1 N–H and O–H groups in total. The Hall–Kier alpha value is -0.573. The lowest BCUT2D eigenvalue weighted by Crippen LogP contribution is -2.19. The summed E-state index contributed by atoms with van der Waals surface area (Å²) in [4.78, 5) is 10.2. The highest BCUT2D eigenvalue weighted by atomic mass is 28.3. The van der Waals surface area contributed by atoms with Crippen molar-refractivity contribution in [2.45, 2.75) is 32.6 Å². The van der Waals surface area contributed by atoms with E-state index in [2.05, 4.69) is 19.6 Å². The number of aliphatic carboxylic acids is 1. The number of hydrogen-bond acceptors (Lipinski definition) is 1. The van der Waals surface area contributed by atoms with Crippen LogP contribution in [-0.4, -0.2) is 19.1 Å². The minimum absolute atomic E-state index is 0.833. The van der Waals surface area contributed by atoms with E-state index < -0.39 is 14.0 Å². The maximum atomic E-state index is 10.2. The molecule has 0 aliphatic rings. The summed E-state index contributed by atoms with van der Waals surface area (Å²) in [6, 6.07) is 0.972. The minimum Gasteiger partial charge on any atom is -0.478 e. The Morgan fingerprint density at radius 3 is 2.18 bits per heavy atom. The molecule has 0 amide bonds. The lowest BCUT2D eigenvalue weighted by molar-refractivity contribution is -0.131. The van der Waals surface area contributed by atoms with Crippen molar-refractivity contribution in [1.82, 2.24) is 0 Å². The summed E-state index contributed by atoms with van der Waals surface area (Å²) >= 11 is 0. The molecule has 0 atom stereocenters. The first-order valence-electron chi connectivity index (χ1n) is 3.71. The van der Waals surface area contributed by atoms with Crippen molar-refractivity contribution >= 4 is 14.0 Å². The molecule has 0 heterocycles. The number of allylic oxidation sites excluding steroid dienone is 1. The summed E-state index contributed by atoms with van der Waals surface area (Å²) in [5, 5.41) is 8.42. The number of hydrogen-bond donors (Lipinski definition) is 1. The van der Waals surface area contributed by atoms with Gasteiger partial charge < -0.3 is 5.11 Å². The van der Waals surface area contributed by atoms with Gasteiger partial charge in [0.25, 0.3) is 0 Å². The molecule has 0 aromatic heterocycles. The average Bonchev–Trinajstić information content (AvgIpc) is 1.53. The molecule has 0 spiro atoms. The van der Waals surface area contributed by atoms with E-state index in [1.54, 1.807) is 0 Å². The fraction of sp³-hybridized carbons (Fsp3) is 0.625. The molecule has 0 saturated heterocycles. The molecule has 0 rings (SSSR count). The van der Waals surface area contributed by atoms with Gasteiger partial charge in [0.2, 0.25) is 0 Å². The van der Waals surface area contributed by atoms with Gasteiger partial charge >= 0.3 is 5.97 Å². The van der Waals surface area contributed by atoms with Crippen LogP contribution in [-0.2, 0) is 4.79 Å². The van der Waals surface area contributed by atoms with Gasteiger partial charge in [-0.3, -0.25) is 0 Å². The van der Waals surface area contributed by atoms with Crippen LogP contribution in [0, 0.1) is 0 Å². The fourth-order valence-corrected chi connectivity index (χ4v) is 2.87. The van der Waals surface area contributed by atoms with E-state index in [4.69, 9.17) is 5.11 Å².